The topological polar surface area (TPSA) is 50.3 Å². The van der Waals surface area contributed by atoms with Gasteiger partial charge in [0.15, 0.2) is 0 Å². The predicted octanol–water partition coefficient (Wildman–Crippen LogP) is 1.06. The number of hydrogen-bond acceptors (Lipinski definition) is 5. The van der Waals surface area contributed by atoms with Crippen LogP contribution in [0.3, 0.4) is 0 Å². The van der Waals surface area contributed by atoms with Crippen LogP contribution in [0.25, 0.3) is 0 Å². The van der Waals surface area contributed by atoms with Crippen LogP contribution < -0.4 is 10.1 Å². The first-order valence-electron chi connectivity index (χ1n) is 6.58. The highest BCUT2D eigenvalue weighted by Crippen LogP contribution is 2.17. The first-order chi connectivity index (χ1) is 8.79. The SMILES string of the molecule is CNCc1cnc(OCCC2CCCN2C)cn1. The minimum absolute atomic E-state index is 0.621. The molecule has 0 spiro atoms. The molecule has 0 aliphatic carbocycles. The van der Waals surface area contributed by atoms with E-state index in [0.29, 0.717) is 11.9 Å². The molecule has 1 saturated heterocycles. The lowest BCUT2D eigenvalue weighted by Gasteiger charge is -2.18. The molecule has 1 fully saturated rings. The van der Waals surface area contributed by atoms with Gasteiger partial charge in [-0.05, 0) is 39.9 Å². The fraction of sp³-hybridized carbons (Fsp3) is 0.692. The molecule has 5 heteroatoms. The number of hydrogen-bond donors (Lipinski definition) is 1. The normalized spacial score (nSPS) is 20.2. The van der Waals surface area contributed by atoms with E-state index in [4.69, 9.17) is 4.74 Å². The maximum atomic E-state index is 5.63. The Morgan fingerprint density at radius 2 is 2.33 bits per heavy atom. The molecule has 100 valence electrons. The van der Waals surface area contributed by atoms with Gasteiger partial charge in [0.1, 0.15) is 0 Å². The van der Waals surface area contributed by atoms with Crippen molar-refractivity contribution in [3.63, 3.8) is 0 Å². The van der Waals surface area contributed by atoms with E-state index in [2.05, 4.69) is 27.2 Å². The summed E-state index contributed by atoms with van der Waals surface area (Å²) in [6, 6.07) is 0.668. The molecule has 0 amide bonds. The number of ether oxygens (including phenoxy) is 1. The summed E-state index contributed by atoms with van der Waals surface area (Å²) in [6.45, 7) is 2.67. The lowest BCUT2D eigenvalue weighted by Crippen LogP contribution is -2.26. The van der Waals surface area contributed by atoms with Gasteiger partial charge in [0, 0.05) is 12.6 Å². The summed E-state index contributed by atoms with van der Waals surface area (Å²) >= 11 is 0. The van der Waals surface area contributed by atoms with Gasteiger partial charge in [-0.1, -0.05) is 0 Å². The molecule has 18 heavy (non-hydrogen) atoms. The van der Waals surface area contributed by atoms with E-state index in [1.165, 1.54) is 19.4 Å². The molecular weight excluding hydrogens is 228 g/mol. The summed E-state index contributed by atoms with van der Waals surface area (Å²) in [7, 11) is 4.08. The summed E-state index contributed by atoms with van der Waals surface area (Å²) in [5.74, 6) is 0.621. The second-order valence-corrected chi connectivity index (χ2v) is 4.79. The van der Waals surface area contributed by atoms with Crippen molar-refractivity contribution < 1.29 is 4.74 Å². The molecule has 1 unspecified atom stereocenters. The zero-order valence-corrected chi connectivity index (χ0v) is 11.2. The molecule has 2 rings (SSSR count). The minimum atomic E-state index is 0.621. The van der Waals surface area contributed by atoms with Gasteiger partial charge in [-0.2, -0.15) is 0 Å². The Labute approximate surface area is 109 Å². The smallest absolute Gasteiger partial charge is 0.232 e. The van der Waals surface area contributed by atoms with E-state index in [9.17, 15) is 0 Å². The molecule has 0 bridgehead atoms. The molecule has 0 radical (unpaired) electrons. The summed E-state index contributed by atoms with van der Waals surface area (Å²) < 4.78 is 5.63. The van der Waals surface area contributed by atoms with Gasteiger partial charge < -0.3 is 15.0 Å². The Morgan fingerprint density at radius 3 is 2.94 bits per heavy atom. The van der Waals surface area contributed by atoms with Gasteiger partial charge in [-0.3, -0.25) is 4.98 Å². The highest BCUT2D eigenvalue weighted by molar-refractivity contribution is 5.07. The average molecular weight is 250 g/mol. The molecule has 1 aromatic heterocycles. The maximum absolute atomic E-state index is 5.63. The number of nitrogens with zero attached hydrogens (tertiary/aromatic N) is 3. The molecule has 1 aliphatic rings. The van der Waals surface area contributed by atoms with Crippen molar-refractivity contribution in [1.82, 2.24) is 20.2 Å². The zero-order valence-electron chi connectivity index (χ0n) is 11.2. The summed E-state index contributed by atoms with van der Waals surface area (Å²) in [5.41, 5.74) is 0.931. The van der Waals surface area contributed by atoms with Crippen LogP contribution >= 0.6 is 0 Å². The van der Waals surface area contributed by atoms with Crippen LogP contribution in [-0.2, 0) is 6.54 Å². The average Bonchev–Trinajstić information content (AvgIpc) is 2.78. The van der Waals surface area contributed by atoms with Crippen LogP contribution in [0.4, 0.5) is 0 Å². The number of likely N-dealkylation sites (tertiary alicyclic amines) is 1. The number of aromatic nitrogens is 2. The van der Waals surface area contributed by atoms with Crippen LogP contribution in [0.1, 0.15) is 25.0 Å². The summed E-state index contributed by atoms with van der Waals surface area (Å²) in [4.78, 5) is 10.9. The largest absolute Gasteiger partial charge is 0.477 e. The molecule has 1 N–H and O–H groups in total. The first-order valence-corrected chi connectivity index (χ1v) is 6.58. The molecule has 1 atom stereocenters. The minimum Gasteiger partial charge on any atom is -0.477 e. The van der Waals surface area contributed by atoms with E-state index >= 15 is 0 Å². The Kier molecular flexibility index (Phi) is 4.90. The van der Waals surface area contributed by atoms with E-state index in [-0.39, 0.29) is 0 Å². The fourth-order valence-electron chi connectivity index (χ4n) is 2.33. The molecule has 1 aliphatic heterocycles. The maximum Gasteiger partial charge on any atom is 0.232 e. The molecule has 1 aromatic rings. The summed E-state index contributed by atoms with van der Waals surface area (Å²) in [6.07, 6.45) is 7.11. The highest BCUT2D eigenvalue weighted by Gasteiger charge is 2.20. The molecular formula is C13H22N4O. The molecule has 5 nitrogen and oxygen atoms in total. The molecule has 0 saturated carbocycles. The third kappa shape index (κ3) is 3.65. The highest BCUT2D eigenvalue weighted by atomic mass is 16.5. The van der Waals surface area contributed by atoms with Crippen molar-refractivity contribution in [2.24, 2.45) is 0 Å². The van der Waals surface area contributed by atoms with Crippen LogP contribution in [0.15, 0.2) is 12.4 Å². The van der Waals surface area contributed by atoms with Crippen LogP contribution in [0.2, 0.25) is 0 Å². The van der Waals surface area contributed by atoms with Gasteiger partial charge in [0.2, 0.25) is 5.88 Å². The lowest BCUT2D eigenvalue weighted by molar-refractivity contribution is 0.228. The van der Waals surface area contributed by atoms with Crippen molar-refractivity contribution in [2.75, 3.05) is 27.2 Å². The van der Waals surface area contributed by atoms with Crippen LogP contribution in [0, 0.1) is 0 Å². The van der Waals surface area contributed by atoms with Crippen molar-refractivity contribution in [2.45, 2.75) is 31.8 Å². The monoisotopic (exact) mass is 250 g/mol. The van der Waals surface area contributed by atoms with Crippen molar-refractivity contribution in [1.29, 1.82) is 0 Å². The van der Waals surface area contributed by atoms with Crippen LogP contribution in [0.5, 0.6) is 5.88 Å². The van der Waals surface area contributed by atoms with E-state index < -0.39 is 0 Å². The van der Waals surface area contributed by atoms with Gasteiger partial charge in [0.05, 0.1) is 24.7 Å². The lowest BCUT2D eigenvalue weighted by atomic mass is 10.1. The standard InChI is InChI=1S/C13H22N4O/c1-14-8-11-9-16-13(10-15-11)18-7-5-12-4-3-6-17(12)2/h9-10,12,14H,3-8H2,1-2H3. The number of nitrogens with one attached hydrogen (secondary N) is 1. The molecule has 0 aromatic carbocycles. The second kappa shape index (κ2) is 6.66. The first kappa shape index (κ1) is 13.2. The predicted molar refractivity (Wildman–Crippen MR) is 70.6 cm³/mol. The number of rotatable bonds is 6. The zero-order chi connectivity index (χ0) is 12.8. The van der Waals surface area contributed by atoms with Crippen molar-refractivity contribution >= 4 is 0 Å². The van der Waals surface area contributed by atoms with E-state index in [1.807, 2.05) is 7.05 Å². The van der Waals surface area contributed by atoms with Gasteiger partial charge >= 0.3 is 0 Å². The van der Waals surface area contributed by atoms with Crippen LogP contribution in [-0.4, -0.2) is 48.2 Å². The van der Waals surface area contributed by atoms with E-state index in [1.54, 1.807) is 12.4 Å². The second-order valence-electron chi connectivity index (χ2n) is 4.79. The Balaban J connectivity index is 1.72. The Hall–Kier alpha value is -1.20. The van der Waals surface area contributed by atoms with Gasteiger partial charge in [0.25, 0.3) is 0 Å². The van der Waals surface area contributed by atoms with Gasteiger partial charge in [-0.25, -0.2) is 4.98 Å². The molecule has 2 heterocycles. The van der Waals surface area contributed by atoms with Crippen molar-refractivity contribution in [3.8, 4) is 5.88 Å². The third-order valence-corrected chi connectivity index (χ3v) is 3.41. The van der Waals surface area contributed by atoms with E-state index in [0.717, 1.165) is 25.3 Å². The fourth-order valence-corrected chi connectivity index (χ4v) is 2.33. The summed E-state index contributed by atoms with van der Waals surface area (Å²) in [5, 5.41) is 3.04. The quantitative estimate of drug-likeness (QED) is 0.818. The Bertz CT molecular complexity index is 355. The van der Waals surface area contributed by atoms with Gasteiger partial charge in [-0.15, -0.1) is 0 Å². The van der Waals surface area contributed by atoms with Crippen molar-refractivity contribution in [3.05, 3.63) is 18.1 Å². The Morgan fingerprint density at radius 1 is 1.44 bits per heavy atom. The third-order valence-electron chi connectivity index (χ3n) is 3.41.